The van der Waals surface area contributed by atoms with Gasteiger partial charge in [0.15, 0.2) is 5.82 Å². The third-order valence-corrected chi connectivity index (χ3v) is 5.62. The third-order valence-electron chi connectivity index (χ3n) is 5.62. The van der Waals surface area contributed by atoms with Crippen LogP contribution in [-0.4, -0.2) is 27.6 Å². The molecule has 4 nitrogen and oxygen atoms in total. The molecule has 0 radical (unpaired) electrons. The first kappa shape index (κ1) is 16.7. The molecular weight excluding hydrogens is 317 g/mol. The zero-order chi connectivity index (χ0) is 17.4. The molecule has 0 N–H and O–H groups in total. The number of halogens is 1. The minimum absolute atomic E-state index is 0.144. The van der Waals surface area contributed by atoms with Gasteiger partial charge < -0.3 is 4.52 Å². The number of nitrogens with zero attached hydrogens (tertiary/aromatic N) is 3. The maximum Gasteiger partial charge on any atom is 0.228 e. The Bertz CT molecular complexity index is 710. The number of likely N-dealkylation sites (tertiary alicyclic amines) is 1. The van der Waals surface area contributed by atoms with Crippen LogP contribution in [-0.2, 0) is 6.42 Å². The molecule has 3 atom stereocenters. The number of hydrogen-bond acceptors (Lipinski definition) is 4. The van der Waals surface area contributed by atoms with Crippen LogP contribution in [0.3, 0.4) is 0 Å². The van der Waals surface area contributed by atoms with Gasteiger partial charge in [0.2, 0.25) is 5.89 Å². The first-order chi connectivity index (χ1) is 12.1. The van der Waals surface area contributed by atoms with Crippen molar-refractivity contribution < 1.29 is 8.91 Å². The van der Waals surface area contributed by atoms with Crippen molar-refractivity contribution in [2.45, 2.75) is 64.0 Å². The Balaban J connectivity index is 1.60. The highest BCUT2D eigenvalue weighted by molar-refractivity contribution is 5.21. The molecule has 0 spiro atoms. The monoisotopic (exact) mass is 343 g/mol. The highest BCUT2D eigenvalue weighted by Gasteiger charge is 2.33. The molecule has 0 amide bonds. The molecule has 4 rings (SSSR count). The molecule has 2 heterocycles. The lowest BCUT2D eigenvalue weighted by molar-refractivity contribution is 0.0720. The van der Waals surface area contributed by atoms with Crippen molar-refractivity contribution in [1.82, 2.24) is 15.0 Å². The summed E-state index contributed by atoms with van der Waals surface area (Å²) in [5.74, 6) is 2.52. The van der Waals surface area contributed by atoms with Crippen LogP contribution in [0, 0.1) is 11.7 Å². The van der Waals surface area contributed by atoms with E-state index < -0.39 is 0 Å². The summed E-state index contributed by atoms with van der Waals surface area (Å²) in [4.78, 5) is 7.15. The molecule has 2 aromatic rings. The topological polar surface area (TPSA) is 42.2 Å². The van der Waals surface area contributed by atoms with Gasteiger partial charge in [-0.2, -0.15) is 4.98 Å². The zero-order valence-electron chi connectivity index (χ0n) is 15.0. The van der Waals surface area contributed by atoms with Crippen LogP contribution in [0.5, 0.6) is 0 Å². The summed E-state index contributed by atoms with van der Waals surface area (Å²) in [6.45, 7) is 5.64. The van der Waals surface area contributed by atoms with Gasteiger partial charge in [0, 0.05) is 31.0 Å². The fourth-order valence-electron chi connectivity index (χ4n) is 3.89. The Morgan fingerprint density at radius 2 is 1.92 bits per heavy atom. The Kier molecular flexibility index (Phi) is 4.59. The van der Waals surface area contributed by atoms with Gasteiger partial charge in [-0.05, 0) is 56.2 Å². The SMILES string of the molecule is C[C@@H]1CC[C@@H](C)N(C(Cc2nc(C3CC3)no2)c2ccc(F)cc2)C1. The smallest absolute Gasteiger partial charge is 0.228 e. The quantitative estimate of drug-likeness (QED) is 0.802. The molecule has 1 aliphatic heterocycles. The van der Waals surface area contributed by atoms with Gasteiger partial charge in [-0.25, -0.2) is 4.39 Å². The number of benzene rings is 1. The molecule has 1 aliphatic carbocycles. The highest BCUT2D eigenvalue weighted by atomic mass is 19.1. The summed E-state index contributed by atoms with van der Waals surface area (Å²) in [6, 6.07) is 7.52. The number of piperidine rings is 1. The molecule has 5 heteroatoms. The summed E-state index contributed by atoms with van der Waals surface area (Å²) in [5, 5.41) is 4.15. The molecule has 0 bridgehead atoms. The largest absolute Gasteiger partial charge is 0.339 e. The van der Waals surface area contributed by atoms with Gasteiger partial charge in [0.25, 0.3) is 0 Å². The lowest BCUT2D eigenvalue weighted by atomic mass is 9.90. The fraction of sp³-hybridized carbons (Fsp3) is 0.600. The molecular formula is C20H26FN3O. The van der Waals surface area contributed by atoms with Crippen molar-refractivity contribution in [3.05, 3.63) is 47.4 Å². The molecule has 134 valence electrons. The van der Waals surface area contributed by atoms with Gasteiger partial charge in [0.05, 0.1) is 0 Å². The van der Waals surface area contributed by atoms with E-state index >= 15 is 0 Å². The number of hydrogen-bond donors (Lipinski definition) is 0. The minimum Gasteiger partial charge on any atom is -0.339 e. The minimum atomic E-state index is -0.198. The predicted molar refractivity (Wildman–Crippen MR) is 93.7 cm³/mol. The predicted octanol–water partition coefficient (Wildman–Crippen LogP) is 4.49. The molecule has 1 aromatic carbocycles. The van der Waals surface area contributed by atoms with E-state index in [0.717, 1.165) is 17.9 Å². The first-order valence-electron chi connectivity index (χ1n) is 9.44. The van der Waals surface area contributed by atoms with Crippen molar-refractivity contribution in [3.63, 3.8) is 0 Å². The molecule has 1 saturated carbocycles. The van der Waals surface area contributed by atoms with E-state index in [2.05, 4.69) is 28.9 Å². The van der Waals surface area contributed by atoms with Crippen LogP contribution in [0.1, 0.15) is 68.8 Å². The maximum atomic E-state index is 13.4. The van der Waals surface area contributed by atoms with Gasteiger partial charge in [-0.3, -0.25) is 4.90 Å². The average Bonchev–Trinajstić information content (AvgIpc) is 3.35. The molecule has 25 heavy (non-hydrogen) atoms. The van der Waals surface area contributed by atoms with E-state index in [1.807, 2.05) is 12.1 Å². The Morgan fingerprint density at radius 3 is 2.64 bits per heavy atom. The highest BCUT2D eigenvalue weighted by Crippen LogP contribution is 2.39. The van der Waals surface area contributed by atoms with Gasteiger partial charge in [0.1, 0.15) is 5.82 Å². The van der Waals surface area contributed by atoms with E-state index in [1.54, 1.807) is 12.1 Å². The van der Waals surface area contributed by atoms with Crippen molar-refractivity contribution >= 4 is 0 Å². The Hall–Kier alpha value is -1.75. The Labute approximate surface area is 148 Å². The van der Waals surface area contributed by atoms with Crippen LogP contribution in [0.25, 0.3) is 0 Å². The number of rotatable bonds is 5. The summed E-state index contributed by atoms with van der Waals surface area (Å²) in [5.41, 5.74) is 1.12. The van der Waals surface area contributed by atoms with Gasteiger partial charge in [-0.1, -0.05) is 24.2 Å². The van der Waals surface area contributed by atoms with Crippen LogP contribution in [0.2, 0.25) is 0 Å². The van der Waals surface area contributed by atoms with Crippen molar-refractivity contribution in [2.24, 2.45) is 5.92 Å². The molecule has 2 fully saturated rings. The van der Waals surface area contributed by atoms with Crippen LogP contribution in [0.4, 0.5) is 4.39 Å². The summed E-state index contributed by atoms with van der Waals surface area (Å²) in [6.07, 6.45) is 5.47. The Morgan fingerprint density at radius 1 is 1.16 bits per heavy atom. The normalized spacial score (nSPS) is 25.9. The fourth-order valence-corrected chi connectivity index (χ4v) is 3.89. The van der Waals surface area contributed by atoms with Crippen molar-refractivity contribution in [3.8, 4) is 0 Å². The van der Waals surface area contributed by atoms with E-state index in [9.17, 15) is 4.39 Å². The average molecular weight is 343 g/mol. The molecule has 1 aromatic heterocycles. The second kappa shape index (κ2) is 6.87. The standard InChI is InChI=1S/C20H26FN3O/c1-13-3-4-14(2)24(12-13)18(15-7-9-17(21)10-8-15)11-19-22-20(23-25-19)16-5-6-16/h7-10,13-14,16,18H,3-6,11-12H2,1-2H3/t13-,14-,18?/m1/s1. The van der Waals surface area contributed by atoms with E-state index in [0.29, 0.717) is 30.2 Å². The second-order valence-corrected chi connectivity index (χ2v) is 7.82. The summed E-state index contributed by atoms with van der Waals surface area (Å²) in [7, 11) is 0. The molecule has 1 saturated heterocycles. The summed E-state index contributed by atoms with van der Waals surface area (Å²) < 4.78 is 18.9. The van der Waals surface area contributed by atoms with Crippen molar-refractivity contribution in [2.75, 3.05) is 6.54 Å². The molecule has 2 aliphatic rings. The maximum absolute atomic E-state index is 13.4. The van der Waals surface area contributed by atoms with Crippen molar-refractivity contribution in [1.29, 1.82) is 0 Å². The van der Waals surface area contributed by atoms with E-state index in [-0.39, 0.29) is 11.9 Å². The van der Waals surface area contributed by atoms with Crippen LogP contribution in [0.15, 0.2) is 28.8 Å². The lowest BCUT2D eigenvalue weighted by Crippen LogP contribution is -2.44. The van der Waals surface area contributed by atoms with E-state index in [1.165, 1.54) is 25.7 Å². The van der Waals surface area contributed by atoms with E-state index in [4.69, 9.17) is 4.52 Å². The zero-order valence-corrected chi connectivity index (χ0v) is 15.0. The summed E-state index contributed by atoms with van der Waals surface area (Å²) >= 11 is 0. The van der Waals surface area contributed by atoms with Gasteiger partial charge >= 0.3 is 0 Å². The van der Waals surface area contributed by atoms with Crippen LogP contribution >= 0.6 is 0 Å². The third kappa shape index (κ3) is 3.76. The van der Waals surface area contributed by atoms with Crippen LogP contribution < -0.4 is 0 Å². The van der Waals surface area contributed by atoms with Gasteiger partial charge in [-0.15, -0.1) is 0 Å². The molecule has 1 unspecified atom stereocenters. The number of aromatic nitrogens is 2. The first-order valence-corrected chi connectivity index (χ1v) is 9.44. The second-order valence-electron chi connectivity index (χ2n) is 7.82. The lowest BCUT2D eigenvalue weighted by Gasteiger charge is -2.42.